The molecule has 122 valence electrons. The van der Waals surface area contributed by atoms with Crippen LogP contribution in [0.15, 0.2) is 29.0 Å². The molecule has 7 heteroatoms. The number of carbonyl (C=O) groups is 2. The molecule has 23 heavy (non-hydrogen) atoms. The number of nitrogens with zero attached hydrogens (tertiary/aromatic N) is 2. The Labute approximate surface area is 133 Å². The van der Waals surface area contributed by atoms with Crippen LogP contribution in [0.3, 0.4) is 0 Å². The first-order chi connectivity index (χ1) is 11.2. The number of hydrogen-bond acceptors (Lipinski definition) is 5. The van der Waals surface area contributed by atoms with Crippen molar-refractivity contribution in [2.75, 3.05) is 19.7 Å². The Morgan fingerprint density at radius 3 is 2.91 bits per heavy atom. The van der Waals surface area contributed by atoms with Gasteiger partial charge in [0.15, 0.2) is 12.0 Å². The van der Waals surface area contributed by atoms with Crippen LogP contribution in [0.4, 0.5) is 4.79 Å². The number of carbonyl (C=O) groups excluding carboxylic acids is 2. The normalized spacial score (nSPS) is 15.6. The zero-order valence-corrected chi connectivity index (χ0v) is 12.9. The second-order valence-electron chi connectivity index (χ2n) is 5.47. The number of likely N-dealkylation sites (tertiary alicyclic amines) is 1. The predicted molar refractivity (Wildman–Crippen MR) is 83.1 cm³/mol. The predicted octanol–water partition coefficient (Wildman–Crippen LogP) is 2.18. The number of benzene rings is 1. The van der Waals surface area contributed by atoms with E-state index < -0.39 is 0 Å². The number of ether oxygens (including phenoxy) is 1. The van der Waals surface area contributed by atoms with E-state index in [1.165, 1.54) is 6.39 Å². The van der Waals surface area contributed by atoms with Crippen LogP contribution in [0.2, 0.25) is 0 Å². The third-order valence-electron chi connectivity index (χ3n) is 3.95. The molecule has 1 aromatic carbocycles. The maximum atomic E-state index is 12.3. The first kappa shape index (κ1) is 15.3. The van der Waals surface area contributed by atoms with E-state index in [2.05, 4.69) is 10.3 Å². The molecular weight excluding hydrogens is 298 g/mol. The second-order valence-corrected chi connectivity index (χ2v) is 5.47. The summed E-state index contributed by atoms with van der Waals surface area (Å²) in [6.45, 7) is 3.34. The topological polar surface area (TPSA) is 84.7 Å². The summed E-state index contributed by atoms with van der Waals surface area (Å²) in [5.41, 5.74) is 1.86. The molecule has 7 nitrogen and oxygen atoms in total. The summed E-state index contributed by atoms with van der Waals surface area (Å²) in [6.07, 6.45) is 2.51. The summed E-state index contributed by atoms with van der Waals surface area (Å²) in [7, 11) is 0. The zero-order chi connectivity index (χ0) is 16.2. The van der Waals surface area contributed by atoms with Crippen molar-refractivity contribution in [2.45, 2.75) is 25.8 Å². The average Bonchev–Trinajstić information content (AvgIpc) is 3.03. The SMILES string of the molecule is CCOC(=O)N1CCC(NC(=O)c2ccc3ncoc3c2)CC1. The fourth-order valence-electron chi connectivity index (χ4n) is 2.69. The van der Waals surface area contributed by atoms with Gasteiger partial charge in [-0.05, 0) is 38.0 Å². The van der Waals surface area contributed by atoms with E-state index in [9.17, 15) is 9.59 Å². The number of piperidine rings is 1. The molecule has 1 saturated heterocycles. The molecule has 1 aliphatic heterocycles. The molecule has 0 saturated carbocycles. The van der Waals surface area contributed by atoms with Gasteiger partial charge in [0.2, 0.25) is 0 Å². The van der Waals surface area contributed by atoms with Crippen molar-refractivity contribution in [1.29, 1.82) is 0 Å². The lowest BCUT2D eigenvalue weighted by atomic mass is 10.0. The number of amides is 2. The maximum Gasteiger partial charge on any atom is 0.409 e. The third-order valence-corrected chi connectivity index (χ3v) is 3.95. The van der Waals surface area contributed by atoms with Gasteiger partial charge in [-0.1, -0.05) is 0 Å². The summed E-state index contributed by atoms with van der Waals surface area (Å²) in [4.78, 5) is 29.7. The molecule has 0 spiro atoms. The molecule has 1 aliphatic rings. The summed E-state index contributed by atoms with van der Waals surface area (Å²) >= 11 is 0. The van der Waals surface area contributed by atoms with Gasteiger partial charge in [0.05, 0.1) is 6.61 Å². The van der Waals surface area contributed by atoms with E-state index in [1.54, 1.807) is 30.0 Å². The van der Waals surface area contributed by atoms with Crippen molar-refractivity contribution in [3.8, 4) is 0 Å². The lowest BCUT2D eigenvalue weighted by Gasteiger charge is -2.31. The standard InChI is InChI=1S/C16H19N3O4/c1-2-22-16(21)19-7-5-12(6-8-19)18-15(20)11-3-4-13-14(9-11)23-10-17-13/h3-4,9-10,12H,2,5-8H2,1H3,(H,18,20). The molecule has 0 bridgehead atoms. The van der Waals surface area contributed by atoms with Crippen LogP contribution in [0.5, 0.6) is 0 Å². The van der Waals surface area contributed by atoms with E-state index in [-0.39, 0.29) is 18.0 Å². The van der Waals surface area contributed by atoms with E-state index in [1.807, 2.05) is 0 Å². The first-order valence-electron chi connectivity index (χ1n) is 7.73. The Balaban J connectivity index is 1.55. The van der Waals surface area contributed by atoms with E-state index >= 15 is 0 Å². The van der Waals surface area contributed by atoms with Crippen LogP contribution in [-0.4, -0.2) is 47.6 Å². The van der Waals surface area contributed by atoms with Crippen LogP contribution in [0.25, 0.3) is 11.1 Å². The van der Waals surface area contributed by atoms with Gasteiger partial charge >= 0.3 is 6.09 Å². The number of nitrogens with one attached hydrogen (secondary N) is 1. The van der Waals surface area contributed by atoms with Gasteiger partial charge in [-0.15, -0.1) is 0 Å². The van der Waals surface area contributed by atoms with E-state index in [4.69, 9.17) is 9.15 Å². The lowest BCUT2D eigenvalue weighted by molar-refractivity contribution is 0.0860. The highest BCUT2D eigenvalue weighted by molar-refractivity contribution is 5.97. The Morgan fingerprint density at radius 1 is 1.39 bits per heavy atom. The molecule has 1 aromatic heterocycles. The van der Waals surface area contributed by atoms with Gasteiger partial charge in [0.1, 0.15) is 5.52 Å². The minimum atomic E-state index is -0.284. The monoisotopic (exact) mass is 317 g/mol. The first-order valence-corrected chi connectivity index (χ1v) is 7.73. The summed E-state index contributed by atoms with van der Waals surface area (Å²) in [5.74, 6) is -0.141. The zero-order valence-electron chi connectivity index (χ0n) is 12.9. The number of rotatable bonds is 3. The van der Waals surface area contributed by atoms with Crippen molar-refractivity contribution >= 4 is 23.1 Å². The van der Waals surface area contributed by atoms with Crippen molar-refractivity contribution in [1.82, 2.24) is 15.2 Å². The fraction of sp³-hybridized carbons (Fsp3) is 0.438. The molecule has 0 radical (unpaired) electrons. The number of aromatic nitrogens is 1. The molecule has 0 aliphatic carbocycles. The maximum absolute atomic E-state index is 12.3. The Kier molecular flexibility index (Phi) is 4.45. The minimum absolute atomic E-state index is 0.0543. The van der Waals surface area contributed by atoms with Gasteiger partial charge in [-0.2, -0.15) is 0 Å². The van der Waals surface area contributed by atoms with Gasteiger partial charge in [0, 0.05) is 24.7 Å². The van der Waals surface area contributed by atoms with Crippen molar-refractivity contribution in [3.05, 3.63) is 30.2 Å². The van der Waals surface area contributed by atoms with Crippen LogP contribution in [-0.2, 0) is 4.74 Å². The van der Waals surface area contributed by atoms with Gasteiger partial charge in [-0.3, -0.25) is 4.79 Å². The van der Waals surface area contributed by atoms with Crippen LogP contribution in [0, 0.1) is 0 Å². The smallest absolute Gasteiger partial charge is 0.409 e. The minimum Gasteiger partial charge on any atom is -0.450 e. The Hall–Kier alpha value is -2.57. The largest absolute Gasteiger partial charge is 0.450 e. The van der Waals surface area contributed by atoms with Gasteiger partial charge in [0.25, 0.3) is 5.91 Å². The lowest BCUT2D eigenvalue weighted by Crippen LogP contribution is -2.46. The summed E-state index contributed by atoms with van der Waals surface area (Å²) in [6, 6.07) is 5.23. The Bertz CT molecular complexity index is 704. The molecule has 2 heterocycles. The Morgan fingerprint density at radius 2 is 2.17 bits per heavy atom. The quantitative estimate of drug-likeness (QED) is 0.938. The summed E-state index contributed by atoms with van der Waals surface area (Å²) < 4.78 is 10.2. The van der Waals surface area contributed by atoms with Crippen LogP contribution in [0.1, 0.15) is 30.1 Å². The number of hydrogen-bond donors (Lipinski definition) is 1. The van der Waals surface area contributed by atoms with Crippen LogP contribution >= 0.6 is 0 Å². The van der Waals surface area contributed by atoms with Crippen LogP contribution < -0.4 is 5.32 Å². The average molecular weight is 317 g/mol. The third kappa shape index (κ3) is 3.44. The van der Waals surface area contributed by atoms with Crippen molar-refractivity contribution in [2.24, 2.45) is 0 Å². The molecule has 0 atom stereocenters. The molecular formula is C16H19N3O4. The highest BCUT2D eigenvalue weighted by atomic mass is 16.6. The summed E-state index contributed by atoms with van der Waals surface area (Å²) in [5, 5.41) is 3.00. The fourth-order valence-corrected chi connectivity index (χ4v) is 2.69. The highest BCUT2D eigenvalue weighted by Crippen LogP contribution is 2.16. The van der Waals surface area contributed by atoms with Gasteiger partial charge < -0.3 is 19.4 Å². The molecule has 1 fully saturated rings. The molecule has 3 rings (SSSR count). The molecule has 2 aromatic rings. The molecule has 1 N–H and O–H groups in total. The highest BCUT2D eigenvalue weighted by Gasteiger charge is 2.24. The molecule has 0 unspecified atom stereocenters. The van der Waals surface area contributed by atoms with Crippen molar-refractivity contribution < 1.29 is 18.7 Å². The second kappa shape index (κ2) is 6.68. The van der Waals surface area contributed by atoms with E-state index in [0.29, 0.717) is 30.8 Å². The molecule has 2 amide bonds. The number of fused-ring (bicyclic) bond motifs is 1. The van der Waals surface area contributed by atoms with Gasteiger partial charge in [-0.25, -0.2) is 9.78 Å². The van der Waals surface area contributed by atoms with E-state index in [0.717, 1.165) is 18.4 Å². The number of oxazole rings is 1. The van der Waals surface area contributed by atoms with Crippen molar-refractivity contribution in [3.63, 3.8) is 0 Å².